The monoisotopic (exact) mass is 293 g/mol. The third-order valence-corrected chi connectivity index (χ3v) is 3.98. The highest BCUT2D eigenvalue weighted by molar-refractivity contribution is 5.85. The third kappa shape index (κ3) is 1.95. The van der Waals surface area contributed by atoms with Crippen LogP contribution in [0.3, 0.4) is 0 Å². The van der Waals surface area contributed by atoms with E-state index in [1.165, 1.54) is 4.57 Å². The normalized spacial score (nSPS) is 14.4. The number of fused-ring (bicyclic) bond motifs is 1. The topological polar surface area (TPSA) is 86.7 Å². The molecule has 110 valence electrons. The van der Waals surface area contributed by atoms with E-state index in [2.05, 4.69) is 15.0 Å². The highest BCUT2D eigenvalue weighted by atomic mass is 16.1. The second-order valence-corrected chi connectivity index (χ2v) is 5.64. The first-order chi connectivity index (χ1) is 10.6. The SMILES string of the molecule is Cc1ccccc1-n1c(=O)nc(N)c2cnc(C3CC3)nc21. The number of aromatic nitrogens is 4. The number of benzene rings is 1. The molecule has 2 N–H and O–H groups in total. The molecule has 0 atom stereocenters. The van der Waals surface area contributed by atoms with Gasteiger partial charge in [-0.2, -0.15) is 4.98 Å². The Bertz CT molecular complexity index is 943. The van der Waals surface area contributed by atoms with Crippen LogP contribution in [0.1, 0.15) is 30.1 Å². The summed E-state index contributed by atoms with van der Waals surface area (Å²) in [5.41, 5.74) is 7.74. The number of nitrogens with two attached hydrogens (primary N) is 1. The summed E-state index contributed by atoms with van der Waals surface area (Å²) in [6.45, 7) is 1.95. The summed E-state index contributed by atoms with van der Waals surface area (Å²) in [6.07, 6.45) is 3.87. The predicted molar refractivity (Wildman–Crippen MR) is 84.1 cm³/mol. The minimum atomic E-state index is -0.417. The lowest BCUT2D eigenvalue weighted by atomic mass is 10.2. The van der Waals surface area contributed by atoms with Crippen molar-refractivity contribution in [2.45, 2.75) is 25.7 Å². The van der Waals surface area contributed by atoms with Crippen LogP contribution >= 0.6 is 0 Å². The maximum atomic E-state index is 12.4. The van der Waals surface area contributed by atoms with Crippen LogP contribution in [0, 0.1) is 6.92 Å². The summed E-state index contributed by atoms with van der Waals surface area (Å²) in [7, 11) is 0. The van der Waals surface area contributed by atoms with Gasteiger partial charge in [0.2, 0.25) is 0 Å². The molecule has 2 aromatic heterocycles. The first-order valence-corrected chi connectivity index (χ1v) is 7.26. The Morgan fingerprint density at radius 1 is 1.23 bits per heavy atom. The Labute approximate surface area is 126 Å². The lowest BCUT2D eigenvalue weighted by molar-refractivity contribution is 0.889. The molecule has 1 aromatic carbocycles. The van der Waals surface area contributed by atoms with Crippen molar-refractivity contribution in [2.24, 2.45) is 0 Å². The molecule has 6 nitrogen and oxygen atoms in total. The Morgan fingerprint density at radius 3 is 2.73 bits per heavy atom. The van der Waals surface area contributed by atoms with E-state index in [4.69, 9.17) is 5.73 Å². The van der Waals surface area contributed by atoms with E-state index in [1.54, 1.807) is 6.20 Å². The summed E-state index contributed by atoms with van der Waals surface area (Å²) < 4.78 is 1.52. The Morgan fingerprint density at radius 2 is 2.00 bits per heavy atom. The number of nitrogen functional groups attached to an aromatic ring is 1. The minimum absolute atomic E-state index is 0.173. The van der Waals surface area contributed by atoms with Crippen molar-refractivity contribution in [3.63, 3.8) is 0 Å². The van der Waals surface area contributed by atoms with Crippen LogP contribution in [0.25, 0.3) is 16.7 Å². The van der Waals surface area contributed by atoms with Crippen LogP contribution in [0.15, 0.2) is 35.3 Å². The zero-order valence-corrected chi connectivity index (χ0v) is 12.2. The molecular weight excluding hydrogens is 278 g/mol. The van der Waals surface area contributed by atoms with Crippen LogP contribution in [0.5, 0.6) is 0 Å². The molecule has 0 radical (unpaired) electrons. The van der Waals surface area contributed by atoms with Gasteiger partial charge in [-0.05, 0) is 31.4 Å². The summed E-state index contributed by atoms with van der Waals surface area (Å²) >= 11 is 0. The largest absolute Gasteiger partial charge is 0.383 e. The first kappa shape index (κ1) is 12.9. The predicted octanol–water partition coefficient (Wildman–Crippen LogP) is 1.94. The van der Waals surface area contributed by atoms with Crippen LogP contribution < -0.4 is 11.4 Å². The fourth-order valence-corrected chi connectivity index (χ4v) is 2.61. The molecular formula is C16H15N5O. The first-order valence-electron chi connectivity index (χ1n) is 7.26. The highest BCUT2D eigenvalue weighted by Crippen LogP contribution is 2.38. The molecule has 3 aromatic rings. The van der Waals surface area contributed by atoms with Crippen molar-refractivity contribution in [2.75, 3.05) is 5.73 Å². The molecule has 1 aliphatic rings. The van der Waals surface area contributed by atoms with Crippen molar-refractivity contribution in [1.82, 2.24) is 19.5 Å². The Hall–Kier alpha value is -2.76. The number of nitrogens with zero attached hydrogens (tertiary/aromatic N) is 4. The Kier molecular flexibility index (Phi) is 2.72. The zero-order chi connectivity index (χ0) is 15.3. The fourth-order valence-electron chi connectivity index (χ4n) is 2.61. The second-order valence-electron chi connectivity index (χ2n) is 5.64. The molecule has 0 aliphatic heterocycles. The summed E-state index contributed by atoms with van der Waals surface area (Å²) in [5, 5.41) is 0.604. The van der Waals surface area contributed by atoms with Gasteiger partial charge < -0.3 is 5.73 Å². The van der Waals surface area contributed by atoms with Gasteiger partial charge in [0.15, 0.2) is 5.65 Å². The van der Waals surface area contributed by atoms with Crippen molar-refractivity contribution < 1.29 is 0 Å². The number of aryl methyl sites for hydroxylation is 1. The summed E-state index contributed by atoms with van der Waals surface area (Å²) in [6, 6.07) is 7.65. The molecule has 1 fully saturated rings. The van der Waals surface area contributed by atoms with E-state index in [9.17, 15) is 4.79 Å². The lowest BCUT2D eigenvalue weighted by Gasteiger charge is -2.12. The third-order valence-electron chi connectivity index (χ3n) is 3.98. The summed E-state index contributed by atoms with van der Waals surface area (Å²) in [5.74, 6) is 1.35. The van der Waals surface area contributed by atoms with Crippen LogP contribution in [-0.2, 0) is 0 Å². The van der Waals surface area contributed by atoms with E-state index >= 15 is 0 Å². The molecule has 4 rings (SSSR count). The quantitative estimate of drug-likeness (QED) is 0.780. The molecule has 1 saturated carbocycles. The van der Waals surface area contributed by atoms with Crippen molar-refractivity contribution in [3.05, 3.63) is 52.3 Å². The number of para-hydroxylation sites is 1. The molecule has 0 amide bonds. The molecule has 1 aliphatic carbocycles. The van der Waals surface area contributed by atoms with Gasteiger partial charge in [-0.25, -0.2) is 19.3 Å². The van der Waals surface area contributed by atoms with Gasteiger partial charge in [-0.3, -0.25) is 0 Å². The molecule has 0 spiro atoms. The van der Waals surface area contributed by atoms with Gasteiger partial charge in [0.25, 0.3) is 0 Å². The van der Waals surface area contributed by atoms with E-state index in [1.807, 2.05) is 31.2 Å². The Balaban J connectivity index is 2.10. The van der Waals surface area contributed by atoms with Crippen molar-refractivity contribution in [1.29, 1.82) is 0 Å². The number of hydrogen-bond donors (Lipinski definition) is 1. The standard InChI is InChI=1S/C16H15N5O/c1-9-4-2-3-5-12(9)21-15-11(13(17)19-16(21)22)8-18-14(20-15)10-6-7-10/h2-5,8,10H,6-7H2,1H3,(H2,17,19,22). The lowest BCUT2D eigenvalue weighted by Crippen LogP contribution is -2.25. The van der Waals surface area contributed by atoms with Gasteiger partial charge in [-0.15, -0.1) is 0 Å². The zero-order valence-electron chi connectivity index (χ0n) is 12.2. The van der Waals surface area contributed by atoms with Gasteiger partial charge >= 0.3 is 5.69 Å². The number of rotatable bonds is 2. The van der Waals surface area contributed by atoms with Gasteiger partial charge in [-0.1, -0.05) is 18.2 Å². The van der Waals surface area contributed by atoms with Crippen LogP contribution in [0.2, 0.25) is 0 Å². The fraction of sp³-hybridized carbons (Fsp3) is 0.250. The van der Waals surface area contributed by atoms with Crippen molar-refractivity contribution in [3.8, 4) is 5.69 Å². The van der Waals surface area contributed by atoms with Crippen LogP contribution in [-0.4, -0.2) is 19.5 Å². The van der Waals surface area contributed by atoms with E-state index in [-0.39, 0.29) is 5.82 Å². The number of hydrogen-bond acceptors (Lipinski definition) is 5. The smallest absolute Gasteiger partial charge is 0.355 e. The van der Waals surface area contributed by atoms with E-state index < -0.39 is 5.69 Å². The molecule has 0 saturated heterocycles. The van der Waals surface area contributed by atoms with Crippen molar-refractivity contribution >= 4 is 16.9 Å². The van der Waals surface area contributed by atoms with Gasteiger partial charge in [0, 0.05) is 12.1 Å². The average molecular weight is 293 g/mol. The summed E-state index contributed by atoms with van der Waals surface area (Å²) in [4.78, 5) is 25.3. The molecule has 0 unspecified atom stereocenters. The molecule has 6 heteroatoms. The average Bonchev–Trinajstić information content (AvgIpc) is 3.33. The second kappa shape index (κ2) is 4.62. The molecule has 0 bridgehead atoms. The van der Waals surface area contributed by atoms with Gasteiger partial charge in [0.05, 0.1) is 11.1 Å². The van der Waals surface area contributed by atoms with Crippen LogP contribution in [0.4, 0.5) is 5.82 Å². The van der Waals surface area contributed by atoms with E-state index in [0.29, 0.717) is 17.0 Å². The number of anilines is 1. The highest BCUT2D eigenvalue weighted by Gasteiger charge is 2.27. The van der Waals surface area contributed by atoms with E-state index in [0.717, 1.165) is 29.9 Å². The minimum Gasteiger partial charge on any atom is -0.383 e. The molecule has 2 heterocycles. The maximum absolute atomic E-state index is 12.4. The van der Waals surface area contributed by atoms with Gasteiger partial charge in [0.1, 0.15) is 11.6 Å². The maximum Gasteiger partial charge on any atom is 0.355 e. The molecule has 22 heavy (non-hydrogen) atoms.